The fourth-order valence-corrected chi connectivity index (χ4v) is 2.06. The van der Waals surface area contributed by atoms with Crippen LogP contribution in [0.5, 0.6) is 17.4 Å². The first-order chi connectivity index (χ1) is 10.0. The minimum atomic E-state index is -0.610. The zero-order chi connectivity index (χ0) is 15.6. The van der Waals surface area contributed by atoms with Crippen LogP contribution >= 0.6 is 0 Å². The highest BCUT2D eigenvalue weighted by molar-refractivity contribution is 5.54. The SMILES string of the molecule is COc1ccc(OC)c(-n2c(O)cc(C)c(C#N)c2=O)c1. The van der Waals surface area contributed by atoms with Gasteiger partial charge in [-0.05, 0) is 24.6 Å². The Bertz CT molecular complexity index is 787. The number of aryl methyl sites for hydroxylation is 1. The van der Waals surface area contributed by atoms with E-state index >= 15 is 0 Å². The van der Waals surface area contributed by atoms with E-state index in [-0.39, 0.29) is 11.4 Å². The fraction of sp³-hybridized carbons (Fsp3) is 0.200. The molecule has 0 fully saturated rings. The highest BCUT2D eigenvalue weighted by atomic mass is 16.5. The monoisotopic (exact) mass is 286 g/mol. The zero-order valence-corrected chi connectivity index (χ0v) is 11.9. The molecular formula is C15H14N2O4. The van der Waals surface area contributed by atoms with E-state index in [2.05, 4.69) is 0 Å². The lowest BCUT2D eigenvalue weighted by molar-refractivity contribution is 0.395. The number of pyridine rings is 1. The van der Waals surface area contributed by atoms with Gasteiger partial charge in [0.25, 0.3) is 5.56 Å². The molecule has 21 heavy (non-hydrogen) atoms. The Morgan fingerprint density at radius 3 is 2.52 bits per heavy atom. The van der Waals surface area contributed by atoms with Crippen LogP contribution in [0.1, 0.15) is 11.1 Å². The van der Waals surface area contributed by atoms with E-state index in [9.17, 15) is 9.90 Å². The number of nitrogens with zero attached hydrogens (tertiary/aromatic N) is 2. The molecular weight excluding hydrogens is 272 g/mol. The Labute approximate surface area is 121 Å². The van der Waals surface area contributed by atoms with E-state index in [1.807, 2.05) is 6.07 Å². The molecule has 0 saturated heterocycles. The highest BCUT2D eigenvalue weighted by Gasteiger charge is 2.17. The molecule has 0 bridgehead atoms. The molecule has 0 saturated carbocycles. The number of nitriles is 1. The van der Waals surface area contributed by atoms with E-state index in [1.54, 1.807) is 25.1 Å². The second-order valence-electron chi connectivity index (χ2n) is 4.35. The molecule has 2 rings (SSSR count). The van der Waals surface area contributed by atoms with Gasteiger partial charge in [0, 0.05) is 12.1 Å². The van der Waals surface area contributed by atoms with Gasteiger partial charge in [-0.2, -0.15) is 5.26 Å². The summed E-state index contributed by atoms with van der Waals surface area (Å²) in [5.74, 6) is 0.597. The Kier molecular flexibility index (Phi) is 3.85. The molecule has 0 atom stereocenters. The molecule has 0 aliphatic heterocycles. The van der Waals surface area contributed by atoms with Crippen LogP contribution in [0.4, 0.5) is 0 Å². The predicted octanol–water partition coefficient (Wildman–Crippen LogP) is 1.74. The maximum atomic E-state index is 12.4. The third-order valence-corrected chi connectivity index (χ3v) is 3.12. The Morgan fingerprint density at radius 2 is 1.95 bits per heavy atom. The van der Waals surface area contributed by atoms with Crippen LogP contribution in [-0.4, -0.2) is 23.9 Å². The van der Waals surface area contributed by atoms with E-state index in [1.165, 1.54) is 20.3 Å². The van der Waals surface area contributed by atoms with Gasteiger partial charge in [-0.3, -0.25) is 4.79 Å². The van der Waals surface area contributed by atoms with Gasteiger partial charge in [0.15, 0.2) is 5.88 Å². The summed E-state index contributed by atoms with van der Waals surface area (Å²) in [5.41, 5.74) is 0.0770. The van der Waals surface area contributed by atoms with Crippen molar-refractivity contribution in [3.63, 3.8) is 0 Å². The number of methoxy groups -OCH3 is 2. The number of rotatable bonds is 3. The van der Waals surface area contributed by atoms with Crippen molar-refractivity contribution in [3.8, 4) is 29.1 Å². The van der Waals surface area contributed by atoms with Crippen molar-refractivity contribution in [2.75, 3.05) is 14.2 Å². The molecule has 0 amide bonds. The minimum Gasteiger partial charge on any atom is -0.497 e. The third-order valence-electron chi connectivity index (χ3n) is 3.12. The Balaban J connectivity index is 2.85. The van der Waals surface area contributed by atoms with Crippen molar-refractivity contribution in [1.29, 1.82) is 5.26 Å². The van der Waals surface area contributed by atoms with E-state index in [4.69, 9.17) is 14.7 Å². The summed E-state index contributed by atoms with van der Waals surface area (Å²) in [6, 6.07) is 8.05. The zero-order valence-electron chi connectivity index (χ0n) is 11.9. The molecule has 0 radical (unpaired) electrons. The number of hydrogen-bond acceptors (Lipinski definition) is 5. The van der Waals surface area contributed by atoms with Crippen molar-refractivity contribution in [2.24, 2.45) is 0 Å². The quantitative estimate of drug-likeness (QED) is 0.929. The number of benzene rings is 1. The Hall–Kier alpha value is -2.94. The van der Waals surface area contributed by atoms with E-state index in [0.29, 0.717) is 22.7 Å². The van der Waals surface area contributed by atoms with E-state index in [0.717, 1.165) is 4.57 Å². The van der Waals surface area contributed by atoms with Gasteiger partial charge in [-0.1, -0.05) is 0 Å². The van der Waals surface area contributed by atoms with Gasteiger partial charge in [-0.15, -0.1) is 0 Å². The average molecular weight is 286 g/mol. The number of hydrogen-bond donors (Lipinski definition) is 1. The molecule has 1 N–H and O–H groups in total. The van der Waals surface area contributed by atoms with Crippen molar-refractivity contribution >= 4 is 0 Å². The van der Waals surface area contributed by atoms with Gasteiger partial charge < -0.3 is 14.6 Å². The van der Waals surface area contributed by atoms with Crippen LogP contribution in [-0.2, 0) is 0 Å². The molecule has 2 aromatic rings. The second-order valence-corrected chi connectivity index (χ2v) is 4.35. The lowest BCUT2D eigenvalue weighted by Crippen LogP contribution is -2.22. The van der Waals surface area contributed by atoms with Crippen LogP contribution in [0.25, 0.3) is 5.69 Å². The van der Waals surface area contributed by atoms with Gasteiger partial charge >= 0.3 is 0 Å². The van der Waals surface area contributed by atoms with Crippen molar-refractivity contribution in [2.45, 2.75) is 6.92 Å². The van der Waals surface area contributed by atoms with Gasteiger partial charge in [0.2, 0.25) is 0 Å². The standard InChI is InChI=1S/C15H14N2O4/c1-9-6-14(18)17(15(19)11(9)8-16)12-7-10(20-2)4-5-13(12)21-3/h4-7,18H,1-3H3. The molecule has 1 aromatic carbocycles. The summed E-state index contributed by atoms with van der Waals surface area (Å²) in [6.45, 7) is 1.59. The molecule has 6 nitrogen and oxygen atoms in total. The molecule has 108 valence electrons. The lowest BCUT2D eigenvalue weighted by atomic mass is 10.1. The van der Waals surface area contributed by atoms with Gasteiger partial charge in [0.1, 0.15) is 23.1 Å². The molecule has 1 aromatic heterocycles. The van der Waals surface area contributed by atoms with Crippen LogP contribution in [0.15, 0.2) is 29.1 Å². The summed E-state index contributed by atoms with van der Waals surface area (Å²) < 4.78 is 11.3. The average Bonchev–Trinajstić information content (AvgIpc) is 2.47. The van der Waals surface area contributed by atoms with Crippen molar-refractivity contribution < 1.29 is 14.6 Å². The highest BCUT2D eigenvalue weighted by Crippen LogP contribution is 2.29. The molecule has 0 aliphatic carbocycles. The van der Waals surface area contributed by atoms with Gasteiger partial charge in [-0.25, -0.2) is 4.57 Å². The first-order valence-corrected chi connectivity index (χ1v) is 6.11. The van der Waals surface area contributed by atoms with Crippen LogP contribution < -0.4 is 15.0 Å². The Morgan fingerprint density at radius 1 is 1.24 bits per heavy atom. The number of aromatic nitrogens is 1. The summed E-state index contributed by atoms with van der Waals surface area (Å²) in [4.78, 5) is 12.4. The number of ether oxygens (including phenoxy) is 2. The van der Waals surface area contributed by atoms with Crippen molar-refractivity contribution in [3.05, 3.63) is 45.7 Å². The molecule has 0 unspecified atom stereocenters. The second kappa shape index (κ2) is 5.59. The lowest BCUT2D eigenvalue weighted by Gasteiger charge is -2.14. The summed E-state index contributed by atoms with van der Waals surface area (Å²) in [6.07, 6.45) is 0. The first kappa shape index (κ1) is 14.5. The summed E-state index contributed by atoms with van der Waals surface area (Å²) >= 11 is 0. The first-order valence-electron chi connectivity index (χ1n) is 6.11. The van der Waals surface area contributed by atoms with Crippen LogP contribution in [0.3, 0.4) is 0 Å². The third kappa shape index (κ3) is 2.41. The van der Waals surface area contributed by atoms with Crippen molar-refractivity contribution in [1.82, 2.24) is 4.57 Å². The summed E-state index contributed by atoms with van der Waals surface area (Å²) in [5, 5.41) is 19.2. The van der Waals surface area contributed by atoms with Crippen LogP contribution in [0, 0.1) is 18.3 Å². The predicted molar refractivity (Wildman–Crippen MR) is 76.3 cm³/mol. The normalized spacial score (nSPS) is 10.0. The smallest absolute Gasteiger partial charge is 0.276 e. The minimum absolute atomic E-state index is 0.0299. The van der Waals surface area contributed by atoms with Gasteiger partial charge in [0.05, 0.1) is 19.9 Å². The molecule has 1 heterocycles. The van der Waals surface area contributed by atoms with E-state index < -0.39 is 5.56 Å². The largest absolute Gasteiger partial charge is 0.497 e. The maximum Gasteiger partial charge on any atom is 0.276 e. The van der Waals surface area contributed by atoms with Crippen LogP contribution in [0.2, 0.25) is 0 Å². The molecule has 0 aliphatic rings. The maximum absolute atomic E-state index is 12.4. The topological polar surface area (TPSA) is 84.5 Å². The molecule has 0 spiro atoms. The molecule has 6 heteroatoms. The summed E-state index contributed by atoms with van der Waals surface area (Å²) in [7, 11) is 2.94. The number of aromatic hydroxyl groups is 1. The fourth-order valence-electron chi connectivity index (χ4n) is 2.06.